The Morgan fingerprint density at radius 1 is 1.13 bits per heavy atom. The van der Waals surface area contributed by atoms with E-state index in [0.717, 1.165) is 5.56 Å². The monoisotopic (exact) mass is 423 g/mol. The SMILES string of the molecule is Cc1ccc(-c2noc(CN3CCN(C(=O)C(C)NC(=O)c4ccoc4)CC3)n2)cc1. The van der Waals surface area contributed by atoms with Gasteiger partial charge in [-0.15, -0.1) is 0 Å². The molecular formula is C22H25N5O4. The van der Waals surface area contributed by atoms with Crippen LogP contribution in [-0.4, -0.2) is 64.0 Å². The Labute approximate surface area is 180 Å². The first-order valence-corrected chi connectivity index (χ1v) is 10.2. The third kappa shape index (κ3) is 5.00. The molecule has 3 aromatic rings. The van der Waals surface area contributed by atoms with Crippen LogP contribution in [0.5, 0.6) is 0 Å². The van der Waals surface area contributed by atoms with Crippen LogP contribution in [0.4, 0.5) is 0 Å². The van der Waals surface area contributed by atoms with E-state index >= 15 is 0 Å². The van der Waals surface area contributed by atoms with Gasteiger partial charge in [-0.25, -0.2) is 0 Å². The van der Waals surface area contributed by atoms with Crippen molar-refractivity contribution in [2.45, 2.75) is 26.4 Å². The molecule has 0 saturated carbocycles. The number of piperazine rings is 1. The van der Waals surface area contributed by atoms with Crippen molar-refractivity contribution < 1.29 is 18.5 Å². The predicted molar refractivity (Wildman–Crippen MR) is 112 cm³/mol. The van der Waals surface area contributed by atoms with Gasteiger partial charge in [0.2, 0.25) is 17.6 Å². The Hall–Kier alpha value is -3.46. The number of rotatable bonds is 6. The summed E-state index contributed by atoms with van der Waals surface area (Å²) in [5, 5.41) is 6.79. The van der Waals surface area contributed by atoms with Gasteiger partial charge in [0, 0.05) is 31.7 Å². The minimum absolute atomic E-state index is 0.101. The first-order chi connectivity index (χ1) is 15.0. The summed E-state index contributed by atoms with van der Waals surface area (Å²) in [6.07, 6.45) is 2.78. The van der Waals surface area contributed by atoms with E-state index in [1.54, 1.807) is 17.9 Å². The summed E-state index contributed by atoms with van der Waals surface area (Å²) in [6.45, 7) is 6.79. The molecule has 1 aromatic carbocycles. The maximum Gasteiger partial charge on any atom is 0.255 e. The van der Waals surface area contributed by atoms with Crippen molar-refractivity contribution >= 4 is 11.8 Å². The topological polar surface area (TPSA) is 105 Å². The Balaban J connectivity index is 1.26. The third-order valence-corrected chi connectivity index (χ3v) is 5.32. The number of benzene rings is 1. The smallest absolute Gasteiger partial charge is 0.255 e. The number of nitrogens with zero attached hydrogens (tertiary/aromatic N) is 4. The summed E-state index contributed by atoms with van der Waals surface area (Å²) < 4.78 is 10.3. The number of furan rings is 1. The summed E-state index contributed by atoms with van der Waals surface area (Å²) in [7, 11) is 0. The van der Waals surface area contributed by atoms with Gasteiger partial charge >= 0.3 is 0 Å². The van der Waals surface area contributed by atoms with Crippen LogP contribution in [-0.2, 0) is 11.3 Å². The zero-order valence-electron chi connectivity index (χ0n) is 17.6. The minimum atomic E-state index is -0.609. The lowest BCUT2D eigenvalue weighted by atomic mass is 10.1. The largest absolute Gasteiger partial charge is 0.472 e. The third-order valence-electron chi connectivity index (χ3n) is 5.32. The molecule has 1 aliphatic rings. The van der Waals surface area contributed by atoms with Gasteiger partial charge < -0.3 is 19.2 Å². The molecule has 9 nitrogen and oxygen atoms in total. The Kier molecular flexibility index (Phi) is 6.13. The van der Waals surface area contributed by atoms with Crippen molar-refractivity contribution in [3.63, 3.8) is 0 Å². The molecule has 0 bridgehead atoms. The lowest BCUT2D eigenvalue weighted by Crippen LogP contribution is -2.53. The maximum atomic E-state index is 12.7. The molecule has 0 radical (unpaired) electrons. The van der Waals surface area contributed by atoms with E-state index in [1.807, 2.05) is 31.2 Å². The van der Waals surface area contributed by atoms with Crippen LogP contribution in [0, 0.1) is 6.92 Å². The van der Waals surface area contributed by atoms with E-state index < -0.39 is 6.04 Å². The highest BCUT2D eigenvalue weighted by atomic mass is 16.5. The van der Waals surface area contributed by atoms with Crippen LogP contribution in [0.3, 0.4) is 0 Å². The second-order valence-electron chi connectivity index (χ2n) is 7.69. The van der Waals surface area contributed by atoms with Crippen LogP contribution in [0.15, 0.2) is 51.8 Å². The van der Waals surface area contributed by atoms with Gasteiger partial charge in [0.25, 0.3) is 5.91 Å². The number of carbonyl (C=O) groups excluding carboxylic acids is 2. The highest BCUT2D eigenvalue weighted by Gasteiger charge is 2.27. The van der Waals surface area contributed by atoms with E-state index in [9.17, 15) is 9.59 Å². The maximum absolute atomic E-state index is 12.7. The summed E-state index contributed by atoms with van der Waals surface area (Å²) >= 11 is 0. The molecule has 31 heavy (non-hydrogen) atoms. The number of aromatic nitrogens is 2. The average Bonchev–Trinajstić information content (AvgIpc) is 3.47. The predicted octanol–water partition coefficient (Wildman–Crippen LogP) is 2.10. The molecule has 9 heteroatoms. The van der Waals surface area contributed by atoms with Crippen molar-refractivity contribution in [1.82, 2.24) is 25.3 Å². The molecule has 1 atom stereocenters. The Bertz CT molecular complexity index is 1020. The van der Waals surface area contributed by atoms with Gasteiger partial charge in [-0.1, -0.05) is 35.0 Å². The summed E-state index contributed by atoms with van der Waals surface area (Å²) in [5.41, 5.74) is 2.49. The zero-order chi connectivity index (χ0) is 21.8. The van der Waals surface area contributed by atoms with Crippen LogP contribution >= 0.6 is 0 Å². The lowest BCUT2D eigenvalue weighted by Gasteiger charge is -2.35. The normalized spacial score (nSPS) is 15.6. The molecule has 2 aromatic heterocycles. The molecule has 1 aliphatic heterocycles. The summed E-state index contributed by atoms with van der Waals surface area (Å²) in [6, 6.07) is 8.93. The zero-order valence-corrected chi connectivity index (χ0v) is 17.6. The molecule has 1 saturated heterocycles. The standard InChI is InChI=1S/C22H25N5O4/c1-15-3-5-17(6-4-15)20-24-19(31-25-20)13-26-8-10-27(11-9-26)22(29)16(2)23-21(28)18-7-12-30-14-18/h3-7,12,14,16H,8-11,13H2,1-2H3,(H,23,28). The number of carbonyl (C=O) groups is 2. The number of aryl methyl sites for hydroxylation is 1. The second-order valence-corrected chi connectivity index (χ2v) is 7.69. The fourth-order valence-electron chi connectivity index (χ4n) is 3.47. The lowest BCUT2D eigenvalue weighted by molar-refractivity contribution is -0.134. The quantitative estimate of drug-likeness (QED) is 0.647. The summed E-state index contributed by atoms with van der Waals surface area (Å²) in [5.74, 6) is 0.701. The van der Waals surface area contributed by atoms with E-state index in [-0.39, 0.29) is 11.8 Å². The Morgan fingerprint density at radius 3 is 2.55 bits per heavy atom. The van der Waals surface area contributed by atoms with E-state index in [1.165, 1.54) is 18.1 Å². The first kappa shape index (κ1) is 20.8. The van der Waals surface area contributed by atoms with Gasteiger partial charge in [-0.05, 0) is 19.9 Å². The van der Waals surface area contributed by atoms with Crippen LogP contribution in [0.1, 0.15) is 28.7 Å². The van der Waals surface area contributed by atoms with Gasteiger partial charge in [0.05, 0.1) is 18.4 Å². The Morgan fingerprint density at radius 2 is 1.87 bits per heavy atom. The molecule has 2 amide bonds. The number of hydrogen-bond donors (Lipinski definition) is 1. The number of amides is 2. The molecule has 0 spiro atoms. The van der Waals surface area contributed by atoms with Crippen LogP contribution < -0.4 is 5.32 Å². The number of nitrogens with one attached hydrogen (secondary N) is 1. The molecule has 1 N–H and O–H groups in total. The van der Waals surface area contributed by atoms with Gasteiger partial charge in [0.15, 0.2) is 0 Å². The van der Waals surface area contributed by atoms with Crippen molar-refractivity contribution in [2.75, 3.05) is 26.2 Å². The van der Waals surface area contributed by atoms with E-state index in [0.29, 0.717) is 50.0 Å². The van der Waals surface area contributed by atoms with Gasteiger partial charge in [-0.3, -0.25) is 14.5 Å². The molecule has 1 fully saturated rings. The molecule has 4 rings (SSSR count). The minimum Gasteiger partial charge on any atom is -0.472 e. The number of hydrogen-bond acceptors (Lipinski definition) is 7. The van der Waals surface area contributed by atoms with Crippen LogP contribution in [0.25, 0.3) is 11.4 Å². The van der Waals surface area contributed by atoms with E-state index in [2.05, 4.69) is 20.4 Å². The van der Waals surface area contributed by atoms with E-state index in [4.69, 9.17) is 8.94 Å². The molecule has 0 aliphatic carbocycles. The highest BCUT2D eigenvalue weighted by Crippen LogP contribution is 2.17. The average molecular weight is 423 g/mol. The van der Waals surface area contributed by atoms with Crippen molar-refractivity contribution in [2.24, 2.45) is 0 Å². The van der Waals surface area contributed by atoms with Crippen molar-refractivity contribution in [3.8, 4) is 11.4 Å². The second kappa shape index (κ2) is 9.13. The first-order valence-electron chi connectivity index (χ1n) is 10.2. The molecular weight excluding hydrogens is 398 g/mol. The van der Waals surface area contributed by atoms with Gasteiger partial charge in [-0.2, -0.15) is 4.98 Å². The fourth-order valence-corrected chi connectivity index (χ4v) is 3.47. The van der Waals surface area contributed by atoms with Crippen molar-refractivity contribution in [3.05, 3.63) is 59.9 Å². The molecule has 1 unspecified atom stereocenters. The highest BCUT2D eigenvalue weighted by molar-refractivity contribution is 5.97. The molecule has 3 heterocycles. The fraction of sp³-hybridized carbons (Fsp3) is 0.364. The van der Waals surface area contributed by atoms with Crippen molar-refractivity contribution in [1.29, 1.82) is 0 Å². The summed E-state index contributed by atoms with van der Waals surface area (Å²) in [4.78, 5) is 33.2. The molecule has 162 valence electrons. The van der Waals surface area contributed by atoms with Gasteiger partial charge in [0.1, 0.15) is 12.3 Å². The van der Waals surface area contributed by atoms with Crippen LogP contribution in [0.2, 0.25) is 0 Å².